The highest BCUT2D eigenvalue weighted by Gasteiger charge is 2.30. The van der Waals surface area contributed by atoms with Gasteiger partial charge in [-0.15, -0.1) is 0 Å². The molecule has 0 rings (SSSR count). The predicted octanol–water partition coefficient (Wildman–Crippen LogP) is -4.53. The lowest BCUT2D eigenvalue weighted by Gasteiger charge is -2.24. The number of hydrogen-bond donors (Lipinski definition) is 13. The lowest BCUT2D eigenvalue weighted by molar-refractivity contribution is -0.143. The van der Waals surface area contributed by atoms with E-state index in [2.05, 4.69) is 37.2 Å². The average Bonchev–Trinajstić information content (AvgIpc) is 3.12. The Bertz CT molecular complexity index is 1380. The average molecular weight is 803 g/mol. The van der Waals surface area contributed by atoms with Crippen LogP contribution in [0.15, 0.2) is 0 Å². The van der Waals surface area contributed by atoms with Crippen molar-refractivity contribution in [2.75, 3.05) is 19.6 Å². The van der Waals surface area contributed by atoms with Gasteiger partial charge in [-0.2, -0.15) is 0 Å². The maximum Gasteiger partial charge on any atom is 0.326 e. The Morgan fingerprint density at radius 3 is 1.29 bits per heavy atom. The van der Waals surface area contributed by atoms with Crippen molar-refractivity contribution in [3.05, 3.63) is 0 Å². The van der Waals surface area contributed by atoms with Gasteiger partial charge in [-0.3, -0.25) is 43.2 Å². The zero-order valence-corrected chi connectivity index (χ0v) is 31.9. The molecule has 0 bridgehead atoms. The van der Waals surface area contributed by atoms with E-state index in [-0.39, 0.29) is 32.4 Å². The molecule has 318 valence electrons. The molecule has 7 amide bonds. The van der Waals surface area contributed by atoms with Crippen molar-refractivity contribution in [2.45, 2.75) is 127 Å². The largest absolute Gasteiger partial charge is 0.481 e. The fraction of sp³-hybridized carbons (Fsp3) is 0.697. The molecule has 0 aliphatic carbocycles. The summed E-state index contributed by atoms with van der Waals surface area (Å²) in [6.07, 6.45) is 0.149. The SMILES string of the molecule is C[C@H](N)C(=O)N[C@@H](CCC(=O)O)C(=O)N[C@@H](C)C(=O)N[C@@H](CCCCN)C(=O)NCC(=O)N[C@@H](CCCCN)C(=O)N[C@@H](C)C(=O)N[C@@H](CCC(=O)O)C(=O)O. The summed E-state index contributed by atoms with van der Waals surface area (Å²) < 4.78 is 0. The highest BCUT2D eigenvalue weighted by atomic mass is 16.4. The van der Waals surface area contributed by atoms with Crippen molar-refractivity contribution in [2.24, 2.45) is 17.2 Å². The Kier molecular flexibility index (Phi) is 24.6. The van der Waals surface area contributed by atoms with Crippen LogP contribution in [0.4, 0.5) is 0 Å². The number of amides is 7. The molecular weight excluding hydrogens is 744 g/mol. The first-order chi connectivity index (χ1) is 26.2. The number of rotatable bonds is 29. The standard InChI is InChI=1S/C33H58N10O13/c1-17(36)27(49)41-22(10-12-25(45)46)32(54)39-18(2)28(50)42-20(8-4-6-14-34)30(52)37-16-24(44)40-21(9-5-7-15-35)31(53)38-19(3)29(51)43-23(33(55)56)11-13-26(47)48/h17-23H,4-16,34-36H2,1-3H3,(H,37,52)(H,38,53)(H,39,54)(H,40,44)(H,41,49)(H,42,50)(H,43,51)(H,45,46)(H,47,48)(H,55,56)/t17-,18-,19-,20-,21-,22-,23-/m0/s1. The third-order valence-corrected chi connectivity index (χ3v) is 8.06. The zero-order valence-electron chi connectivity index (χ0n) is 31.9. The number of carbonyl (C=O) groups is 10. The van der Waals surface area contributed by atoms with E-state index in [1.165, 1.54) is 20.8 Å². The van der Waals surface area contributed by atoms with Crippen molar-refractivity contribution in [1.82, 2.24) is 37.2 Å². The molecule has 23 heteroatoms. The van der Waals surface area contributed by atoms with Gasteiger partial charge in [0.1, 0.15) is 36.3 Å². The lowest BCUT2D eigenvalue weighted by atomic mass is 10.1. The van der Waals surface area contributed by atoms with Crippen LogP contribution in [0, 0.1) is 0 Å². The van der Waals surface area contributed by atoms with Gasteiger partial charge in [0.2, 0.25) is 41.4 Å². The highest BCUT2D eigenvalue weighted by molar-refractivity contribution is 5.96. The summed E-state index contributed by atoms with van der Waals surface area (Å²) >= 11 is 0. The van der Waals surface area contributed by atoms with Gasteiger partial charge in [-0.1, -0.05) is 0 Å². The van der Waals surface area contributed by atoms with Crippen molar-refractivity contribution in [3.63, 3.8) is 0 Å². The van der Waals surface area contributed by atoms with Gasteiger partial charge < -0.3 is 69.7 Å². The highest BCUT2D eigenvalue weighted by Crippen LogP contribution is 2.06. The fourth-order valence-electron chi connectivity index (χ4n) is 4.78. The van der Waals surface area contributed by atoms with E-state index in [9.17, 15) is 53.1 Å². The number of nitrogens with one attached hydrogen (secondary N) is 7. The van der Waals surface area contributed by atoms with Gasteiger partial charge in [-0.25, -0.2) is 4.79 Å². The van der Waals surface area contributed by atoms with Gasteiger partial charge >= 0.3 is 17.9 Å². The van der Waals surface area contributed by atoms with Crippen LogP contribution in [-0.2, 0) is 47.9 Å². The predicted molar refractivity (Wildman–Crippen MR) is 197 cm³/mol. The summed E-state index contributed by atoms with van der Waals surface area (Å²) in [7, 11) is 0. The van der Waals surface area contributed by atoms with Crippen LogP contribution >= 0.6 is 0 Å². The second-order valence-electron chi connectivity index (χ2n) is 13.0. The lowest BCUT2D eigenvalue weighted by Crippen LogP contribution is -2.57. The molecule has 0 spiro atoms. The van der Waals surface area contributed by atoms with Crippen molar-refractivity contribution in [1.29, 1.82) is 0 Å². The van der Waals surface area contributed by atoms with E-state index in [0.717, 1.165) is 0 Å². The Hall–Kier alpha value is -5.42. The molecular formula is C33H58N10O13. The van der Waals surface area contributed by atoms with E-state index in [0.29, 0.717) is 25.7 Å². The number of carbonyl (C=O) groups excluding carboxylic acids is 7. The first-order valence-corrected chi connectivity index (χ1v) is 18.1. The molecule has 16 N–H and O–H groups in total. The molecule has 0 saturated heterocycles. The second kappa shape index (κ2) is 27.2. The van der Waals surface area contributed by atoms with Crippen molar-refractivity contribution in [3.8, 4) is 0 Å². The maximum atomic E-state index is 13.2. The third kappa shape index (κ3) is 21.5. The van der Waals surface area contributed by atoms with E-state index < -0.39 is 127 Å². The molecule has 0 saturated carbocycles. The van der Waals surface area contributed by atoms with Crippen molar-refractivity contribution < 1.29 is 63.3 Å². The quantitative estimate of drug-likeness (QED) is 0.0317. The Labute approximate surface area is 323 Å². The summed E-state index contributed by atoms with van der Waals surface area (Å²) in [4.78, 5) is 123. The van der Waals surface area contributed by atoms with E-state index in [1.54, 1.807) is 0 Å². The van der Waals surface area contributed by atoms with Crippen LogP contribution < -0.4 is 54.4 Å². The summed E-state index contributed by atoms with van der Waals surface area (Å²) in [6.45, 7) is 3.81. The van der Waals surface area contributed by atoms with Crippen molar-refractivity contribution >= 4 is 59.3 Å². The number of carboxylic acid groups (broad SMARTS) is 3. The van der Waals surface area contributed by atoms with Gasteiger partial charge in [0.05, 0.1) is 12.6 Å². The number of nitrogens with two attached hydrogens (primary N) is 3. The molecule has 0 unspecified atom stereocenters. The second-order valence-corrected chi connectivity index (χ2v) is 13.0. The van der Waals surface area contributed by atoms with E-state index >= 15 is 0 Å². The normalized spacial score (nSPS) is 14.5. The molecule has 23 nitrogen and oxygen atoms in total. The maximum absolute atomic E-state index is 13.2. The van der Waals surface area contributed by atoms with Gasteiger partial charge in [0.15, 0.2) is 0 Å². The van der Waals surface area contributed by atoms with Crippen LogP contribution in [0.2, 0.25) is 0 Å². The first kappa shape index (κ1) is 50.6. The Morgan fingerprint density at radius 2 is 0.875 bits per heavy atom. The molecule has 56 heavy (non-hydrogen) atoms. The monoisotopic (exact) mass is 802 g/mol. The summed E-state index contributed by atoms with van der Waals surface area (Å²) in [5.74, 6) is -9.74. The molecule has 0 radical (unpaired) electrons. The minimum atomic E-state index is -1.53. The third-order valence-electron chi connectivity index (χ3n) is 8.06. The molecule has 0 aromatic heterocycles. The molecule has 0 aromatic rings. The first-order valence-electron chi connectivity index (χ1n) is 18.1. The number of carboxylic acids is 3. The Balaban J connectivity index is 5.61. The summed E-state index contributed by atoms with van der Waals surface area (Å²) in [5, 5.41) is 43.8. The van der Waals surface area contributed by atoms with Gasteiger partial charge in [0.25, 0.3) is 0 Å². The molecule has 0 heterocycles. The minimum Gasteiger partial charge on any atom is -0.481 e. The zero-order chi connectivity index (χ0) is 43.0. The minimum absolute atomic E-state index is 0.0703. The molecule has 0 aromatic carbocycles. The number of unbranched alkanes of at least 4 members (excludes halogenated alkanes) is 2. The molecule has 0 fully saturated rings. The smallest absolute Gasteiger partial charge is 0.326 e. The van der Waals surface area contributed by atoms with Crippen LogP contribution in [0.25, 0.3) is 0 Å². The fourth-order valence-corrected chi connectivity index (χ4v) is 4.78. The van der Waals surface area contributed by atoms with E-state index in [1.807, 2.05) is 0 Å². The van der Waals surface area contributed by atoms with Crippen LogP contribution in [0.1, 0.15) is 85.0 Å². The molecule has 7 atom stereocenters. The molecule has 0 aliphatic rings. The number of hydrogen-bond acceptors (Lipinski definition) is 13. The van der Waals surface area contributed by atoms with E-state index in [4.69, 9.17) is 27.4 Å². The topological polar surface area (TPSA) is 394 Å². The molecule has 0 aliphatic heterocycles. The summed E-state index contributed by atoms with van der Waals surface area (Å²) in [6, 6.07) is -8.87. The number of aliphatic carboxylic acids is 3. The van der Waals surface area contributed by atoms with Crippen LogP contribution in [0.3, 0.4) is 0 Å². The van der Waals surface area contributed by atoms with Gasteiger partial charge in [0, 0.05) is 12.8 Å². The van der Waals surface area contributed by atoms with Crippen LogP contribution in [-0.4, -0.2) is 137 Å². The summed E-state index contributed by atoms with van der Waals surface area (Å²) in [5.41, 5.74) is 16.6. The van der Waals surface area contributed by atoms with Gasteiger partial charge in [-0.05, 0) is 85.2 Å². The van der Waals surface area contributed by atoms with Crippen LogP contribution in [0.5, 0.6) is 0 Å². The Morgan fingerprint density at radius 1 is 0.482 bits per heavy atom.